The number of rotatable bonds is 9. The zero-order valence-corrected chi connectivity index (χ0v) is 27.3. The number of aryl methyl sites for hydroxylation is 2. The van der Waals surface area contributed by atoms with E-state index in [9.17, 15) is 9.18 Å². The number of carbonyl (C=O) groups is 1. The van der Waals surface area contributed by atoms with Crippen molar-refractivity contribution in [2.75, 3.05) is 19.6 Å². The quantitative estimate of drug-likeness (QED) is 0.184. The van der Waals surface area contributed by atoms with Crippen molar-refractivity contribution >= 4 is 23.3 Å². The molecular formula is C36H45ClFN3O3. The van der Waals surface area contributed by atoms with Gasteiger partial charge < -0.3 is 15.3 Å². The fraction of sp³-hybridized carbons (Fsp3) is 0.361. The lowest BCUT2D eigenvalue weighted by molar-refractivity contribution is 0.0696. The second-order valence-electron chi connectivity index (χ2n) is 10.9. The van der Waals surface area contributed by atoms with E-state index in [2.05, 4.69) is 29.5 Å². The van der Waals surface area contributed by atoms with Crippen LogP contribution in [0.25, 0.3) is 0 Å². The summed E-state index contributed by atoms with van der Waals surface area (Å²) in [5.41, 5.74) is 5.91. The first-order valence-corrected chi connectivity index (χ1v) is 15.2. The summed E-state index contributed by atoms with van der Waals surface area (Å²) in [4.78, 5) is 17.5. The summed E-state index contributed by atoms with van der Waals surface area (Å²) in [5, 5.41) is 16.0. The van der Waals surface area contributed by atoms with E-state index < -0.39 is 5.97 Å². The minimum Gasteiger partial charge on any atom is -0.478 e. The molecule has 2 heterocycles. The van der Waals surface area contributed by atoms with E-state index in [0.29, 0.717) is 33.7 Å². The zero-order valence-electron chi connectivity index (χ0n) is 26.5. The molecule has 1 saturated heterocycles. The number of aromatic nitrogens is 1. The van der Waals surface area contributed by atoms with E-state index in [4.69, 9.17) is 26.9 Å². The highest BCUT2D eigenvalue weighted by molar-refractivity contribution is 6.30. The van der Waals surface area contributed by atoms with E-state index in [1.807, 2.05) is 52.0 Å². The van der Waals surface area contributed by atoms with Crippen LogP contribution in [0.4, 0.5) is 4.39 Å². The van der Waals surface area contributed by atoms with Crippen LogP contribution in [0.2, 0.25) is 5.02 Å². The standard InChI is InChI=1S/C21H24ClFN2O.C9H10O2.C6H11N/c1-15(2)13-25-10-8-16(9-11-25)20-4-3-5-21(24-20)26-14-17-6-7-18(22)12-19(17)23;1-6-3-4-8(9(10)11)5-7(6)2;1-3-5-6(7)4-2/h3-7,12,16H,1,8-11,13-14H2,2H3;3-5H,1-2H3,(H,10,11);3,5,7H,4H2,1-2H3/b;;5-3-,7-6?. The summed E-state index contributed by atoms with van der Waals surface area (Å²) in [7, 11) is 0. The molecule has 0 radical (unpaired) electrons. The Labute approximate surface area is 266 Å². The van der Waals surface area contributed by atoms with Crippen LogP contribution in [0.3, 0.4) is 0 Å². The van der Waals surface area contributed by atoms with Gasteiger partial charge in [0, 0.05) is 40.5 Å². The van der Waals surface area contributed by atoms with Gasteiger partial charge in [0.2, 0.25) is 5.88 Å². The number of pyridine rings is 1. The Morgan fingerprint density at radius 2 is 1.86 bits per heavy atom. The number of hydrogen-bond donors (Lipinski definition) is 2. The lowest BCUT2D eigenvalue weighted by atomic mass is 9.93. The summed E-state index contributed by atoms with van der Waals surface area (Å²) in [6, 6.07) is 15.5. The number of benzene rings is 2. The maximum Gasteiger partial charge on any atom is 0.335 e. The first kappa shape index (κ1) is 36.4. The minimum absolute atomic E-state index is 0.135. The van der Waals surface area contributed by atoms with Gasteiger partial charge in [0.15, 0.2) is 0 Å². The molecule has 0 atom stereocenters. The Morgan fingerprint density at radius 3 is 2.41 bits per heavy atom. The van der Waals surface area contributed by atoms with Crippen molar-refractivity contribution < 1.29 is 19.0 Å². The minimum atomic E-state index is -0.867. The van der Waals surface area contributed by atoms with Crippen LogP contribution in [0.5, 0.6) is 5.88 Å². The highest BCUT2D eigenvalue weighted by atomic mass is 35.5. The van der Waals surface area contributed by atoms with Crippen LogP contribution < -0.4 is 4.74 Å². The average Bonchev–Trinajstić information content (AvgIpc) is 2.99. The number of likely N-dealkylation sites (tertiary alicyclic amines) is 1. The van der Waals surface area contributed by atoms with Crippen LogP contribution in [0.1, 0.15) is 78.7 Å². The number of halogens is 2. The van der Waals surface area contributed by atoms with Crippen LogP contribution in [0, 0.1) is 25.1 Å². The second kappa shape index (κ2) is 18.8. The summed E-state index contributed by atoms with van der Waals surface area (Å²) in [6.07, 6.45) is 6.68. The van der Waals surface area contributed by atoms with Gasteiger partial charge >= 0.3 is 5.97 Å². The smallest absolute Gasteiger partial charge is 0.335 e. The Kier molecular flexibility index (Phi) is 15.5. The fourth-order valence-corrected chi connectivity index (χ4v) is 4.65. The Morgan fingerprint density at radius 1 is 1.16 bits per heavy atom. The summed E-state index contributed by atoms with van der Waals surface area (Å²) in [6.45, 7) is 17.0. The fourth-order valence-electron chi connectivity index (χ4n) is 4.49. The van der Waals surface area contributed by atoms with E-state index in [0.717, 1.165) is 55.7 Å². The molecular weight excluding hydrogens is 577 g/mol. The van der Waals surface area contributed by atoms with Gasteiger partial charge in [0.05, 0.1) is 5.56 Å². The molecule has 0 amide bonds. The number of hydrogen-bond acceptors (Lipinski definition) is 5. The van der Waals surface area contributed by atoms with Crippen molar-refractivity contribution in [1.29, 1.82) is 5.41 Å². The maximum atomic E-state index is 13.9. The third kappa shape index (κ3) is 12.8. The number of allylic oxidation sites excluding steroid dienone is 2. The zero-order chi connectivity index (χ0) is 32.6. The predicted octanol–water partition coefficient (Wildman–Crippen LogP) is 9.20. The molecule has 2 aromatic carbocycles. The van der Waals surface area contributed by atoms with Crippen molar-refractivity contribution in [3.63, 3.8) is 0 Å². The molecule has 0 aliphatic carbocycles. The average molecular weight is 622 g/mol. The number of aromatic carboxylic acids is 1. The number of nitrogens with one attached hydrogen (secondary N) is 1. The molecule has 2 N–H and O–H groups in total. The molecule has 1 aliphatic rings. The van der Waals surface area contributed by atoms with Crippen molar-refractivity contribution in [1.82, 2.24) is 9.88 Å². The molecule has 8 heteroatoms. The summed E-state index contributed by atoms with van der Waals surface area (Å²) in [5.74, 6) is -0.264. The number of carboxylic acids is 1. The number of carboxylic acid groups (broad SMARTS) is 1. The van der Waals surface area contributed by atoms with Gasteiger partial charge in [-0.25, -0.2) is 14.2 Å². The summed E-state index contributed by atoms with van der Waals surface area (Å²) >= 11 is 5.78. The number of piperidine rings is 1. The van der Waals surface area contributed by atoms with Crippen LogP contribution in [-0.4, -0.2) is 46.3 Å². The maximum absolute atomic E-state index is 13.9. The molecule has 4 rings (SSSR count). The van der Waals surface area contributed by atoms with E-state index in [1.165, 1.54) is 11.6 Å². The lowest BCUT2D eigenvalue weighted by Gasteiger charge is -2.31. The molecule has 1 aromatic heterocycles. The van der Waals surface area contributed by atoms with Gasteiger partial charge in [-0.3, -0.25) is 4.90 Å². The van der Waals surface area contributed by atoms with E-state index in [-0.39, 0.29) is 12.4 Å². The summed E-state index contributed by atoms with van der Waals surface area (Å²) < 4.78 is 19.6. The molecule has 0 unspecified atom stereocenters. The highest BCUT2D eigenvalue weighted by Crippen LogP contribution is 2.28. The largest absolute Gasteiger partial charge is 0.478 e. The van der Waals surface area contributed by atoms with Gasteiger partial charge in [0.1, 0.15) is 12.4 Å². The van der Waals surface area contributed by atoms with E-state index in [1.54, 1.807) is 30.3 Å². The second-order valence-corrected chi connectivity index (χ2v) is 11.4. The van der Waals surface area contributed by atoms with Crippen molar-refractivity contribution in [2.45, 2.75) is 66.4 Å². The van der Waals surface area contributed by atoms with Gasteiger partial charge in [0.25, 0.3) is 0 Å². The first-order valence-electron chi connectivity index (χ1n) is 14.8. The van der Waals surface area contributed by atoms with Crippen LogP contribution >= 0.6 is 11.6 Å². The molecule has 44 heavy (non-hydrogen) atoms. The van der Waals surface area contributed by atoms with E-state index >= 15 is 0 Å². The first-order chi connectivity index (χ1) is 20.9. The predicted molar refractivity (Wildman–Crippen MR) is 179 cm³/mol. The lowest BCUT2D eigenvalue weighted by Crippen LogP contribution is -2.34. The Hall–Kier alpha value is -3.81. The van der Waals surface area contributed by atoms with Crippen molar-refractivity contribution in [2.24, 2.45) is 0 Å². The molecule has 3 aromatic rings. The third-order valence-electron chi connectivity index (χ3n) is 7.14. The Balaban J connectivity index is 0.000000308. The van der Waals surface area contributed by atoms with Gasteiger partial charge in [-0.15, -0.1) is 0 Å². The number of ether oxygens (including phenoxy) is 1. The van der Waals surface area contributed by atoms with Gasteiger partial charge in [-0.1, -0.05) is 55.0 Å². The topological polar surface area (TPSA) is 86.5 Å². The van der Waals surface area contributed by atoms with Gasteiger partial charge in [-0.05, 0) is 108 Å². The molecule has 0 bridgehead atoms. The Bertz CT molecular complexity index is 1430. The van der Waals surface area contributed by atoms with Gasteiger partial charge in [-0.2, -0.15) is 0 Å². The number of nitrogens with zero attached hydrogens (tertiary/aromatic N) is 2. The monoisotopic (exact) mass is 621 g/mol. The highest BCUT2D eigenvalue weighted by Gasteiger charge is 2.21. The molecule has 6 nitrogen and oxygen atoms in total. The van der Waals surface area contributed by atoms with Crippen molar-refractivity contribution in [3.05, 3.63) is 118 Å². The normalized spacial score (nSPS) is 13.3. The molecule has 0 spiro atoms. The van der Waals surface area contributed by atoms with Crippen LogP contribution in [-0.2, 0) is 6.61 Å². The van der Waals surface area contributed by atoms with Crippen LogP contribution in [0.15, 0.2) is 78.9 Å². The molecule has 1 fully saturated rings. The van der Waals surface area contributed by atoms with Crippen molar-refractivity contribution in [3.8, 4) is 5.88 Å². The SMILES string of the molecule is C/C=C\C(=N)CC.C=C(C)CN1CCC(c2cccc(OCc3ccc(Cl)cc3F)n2)CC1.Cc1ccc(C(=O)O)cc1C. The molecule has 236 valence electrons. The third-order valence-corrected chi connectivity index (χ3v) is 7.37. The molecule has 0 saturated carbocycles. The molecule has 1 aliphatic heterocycles.